The van der Waals surface area contributed by atoms with Gasteiger partial charge in [0.25, 0.3) is 0 Å². The van der Waals surface area contributed by atoms with Gasteiger partial charge in [-0.1, -0.05) is 24.3 Å². The first-order valence-corrected chi connectivity index (χ1v) is 6.55. The molecule has 0 spiro atoms. The maximum absolute atomic E-state index is 12.6. The number of rotatable bonds is 2. The van der Waals surface area contributed by atoms with E-state index in [1.165, 1.54) is 5.56 Å². The summed E-state index contributed by atoms with van der Waals surface area (Å²) in [7, 11) is 0. The van der Waals surface area contributed by atoms with Gasteiger partial charge < -0.3 is 4.90 Å². The van der Waals surface area contributed by atoms with E-state index < -0.39 is 0 Å². The fraction of sp³-hybridized carbons (Fsp3) is 0.400. The first kappa shape index (κ1) is 11.5. The van der Waals surface area contributed by atoms with Crippen LogP contribution in [-0.4, -0.2) is 29.9 Å². The lowest BCUT2D eigenvalue weighted by Crippen LogP contribution is -2.43. The Kier molecular flexibility index (Phi) is 2.92. The van der Waals surface area contributed by atoms with Crippen LogP contribution in [0.25, 0.3) is 0 Å². The number of hydrogen-bond acceptors (Lipinski definition) is 2. The minimum atomic E-state index is 0.0670. The topological polar surface area (TPSA) is 23.6 Å². The lowest BCUT2D eigenvalue weighted by Gasteiger charge is -2.24. The number of benzene rings is 1. The second kappa shape index (κ2) is 4.58. The van der Waals surface area contributed by atoms with Gasteiger partial charge in [-0.2, -0.15) is 0 Å². The highest BCUT2D eigenvalue weighted by Crippen LogP contribution is 2.31. The standard InChI is InChI=1S/C15H18N2O/c1-2-9-17-13-7-4-3-6-12(13)11-16-10-5-8-14(16)15(17)18/h2-4,6-7,14H,1,5,8-11H2/t14-/m0/s1. The summed E-state index contributed by atoms with van der Waals surface area (Å²) in [6, 6.07) is 8.28. The molecule has 18 heavy (non-hydrogen) atoms. The van der Waals surface area contributed by atoms with E-state index in [2.05, 4.69) is 17.5 Å². The zero-order chi connectivity index (χ0) is 12.5. The lowest BCUT2D eigenvalue weighted by atomic mass is 10.1. The van der Waals surface area contributed by atoms with E-state index in [-0.39, 0.29) is 11.9 Å². The monoisotopic (exact) mass is 242 g/mol. The predicted molar refractivity (Wildman–Crippen MR) is 72.4 cm³/mol. The molecular formula is C15H18N2O. The van der Waals surface area contributed by atoms with Crippen LogP contribution in [0.1, 0.15) is 18.4 Å². The average molecular weight is 242 g/mol. The van der Waals surface area contributed by atoms with Crippen molar-refractivity contribution in [2.24, 2.45) is 0 Å². The van der Waals surface area contributed by atoms with E-state index >= 15 is 0 Å². The van der Waals surface area contributed by atoms with Gasteiger partial charge in [0, 0.05) is 18.8 Å². The Morgan fingerprint density at radius 3 is 3.06 bits per heavy atom. The zero-order valence-electron chi connectivity index (χ0n) is 10.5. The Balaban J connectivity index is 2.06. The molecule has 0 N–H and O–H groups in total. The van der Waals surface area contributed by atoms with Gasteiger partial charge in [-0.25, -0.2) is 0 Å². The van der Waals surface area contributed by atoms with Crippen molar-refractivity contribution in [3.63, 3.8) is 0 Å². The normalized spacial score (nSPS) is 23.4. The third-order valence-corrected chi connectivity index (χ3v) is 3.88. The molecule has 0 aromatic heterocycles. The average Bonchev–Trinajstić information content (AvgIpc) is 2.80. The highest BCUT2D eigenvalue weighted by atomic mass is 16.2. The third kappa shape index (κ3) is 1.75. The summed E-state index contributed by atoms with van der Waals surface area (Å²) in [4.78, 5) is 16.8. The van der Waals surface area contributed by atoms with Gasteiger partial charge in [0.1, 0.15) is 0 Å². The molecule has 2 aliphatic heterocycles. The van der Waals surface area contributed by atoms with Crippen LogP contribution >= 0.6 is 0 Å². The molecule has 0 unspecified atom stereocenters. The number of carbonyl (C=O) groups is 1. The van der Waals surface area contributed by atoms with Crippen LogP contribution in [0.3, 0.4) is 0 Å². The van der Waals surface area contributed by atoms with Gasteiger partial charge >= 0.3 is 0 Å². The number of carbonyl (C=O) groups excluding carboxylic acids is 1. The van der Waals surface area contributed by atoms with Gasteiger partial charge in [-0.05, 0) is 31.0 Å². The molecule has 94 valence electrons. The van der Waals surface area contributed by atoms with Gasteiger partial charge in [-0.3, -0.25) is 9.69 Å². The van der Waals surface area contributed by atoms with Gasteiger partial charge in [0.05, 0.1) is 6.04 Å². The Hall–Kier alpha value is -1.61. The quantitative estimate of drug-likeness (QED) is 0.742. The highest BCUT2D eigenvalue weighted by Gasteiger charge is 2.37. The minimum Gasteiger partial charge on any atom is -0.307 e. The largest absolute Gasteiger partial charge is 0.307 e. The Morgan fingerprint density at radius 2 is 2.22 bits per heavy atom. The summed E-state index contributed by atoms with van der Waals surface area (Å²) in [5, 5.41) is 0. The maximum Gasteiger partial charge on any atom is 0.244 e. The van der Waals surface area contributed by atoms with Crippen molar-refractivity contribution in [3.8, 4) is 0 Å². The molecule has 3 rings (SSSR count). The first-order chi connectivity index (χ1) is 8.81. The number of nitrogens with zero attached hydrogens (tertiary/aromatic N) is 2. The smallest absolute Gasteiger partial charge is 0.244 e. The molecule has 3 heteroatoms. The van der Waals surface area contributed by atoms with Gasteiger partial charge in [0.15, 0.2) is 0 Å². The van der Waals surface area contributed by atoms with Crippen LogP contribution in [-0.2, 0) is 11.3 Å². The molecule has 1 aromatic rings. The molecule has 2 heterocycles. The Bertz CT molecular complexity index is 483. The van der Waals surface area contributed by atoms with E-state index in [1.807, 2.05) is 23.1 Å². The summed E-state index contributed by atoms with van der Waals surface area (Å²) < 4.78 is 0. The summed E-state index contributed by atoms with van der Waals surface area (Å²) >= 11 is 0. The number of fused-ring (bicyclic) bond motifs is 2. The highest BCUT2D eigenvalue weighted by molar-refractivity contribution is 5.98. The molecule has 3 nitrogen and oxygen atoms in total. The molecule has 1 amide bonds. The SMILES string of the molecule is C=CCN1C(=O)[C@@H]2CCCN2Cc2ccccc21. The molecular weight excluding hydrogens is 224 g/mol. The zero-order valence-corrected chi connectivity index (χ0v) is 10.5. The van der Waals surface area contributed by atoms with Crippen LogP contribution in [0.15, 0.2) is 36.9 Å². The van der Waals surface area contributed by atoms with Crippen molar-refractivity contribution in [1.82, 2.24) is 4.90 Å². The number of hydrogen-bond donors (Lipinski definition) is 0. The third-order valence-electron chi connectivity index (χ3n) is 3.88. The molecule has 2 aliphatic rings. The second-order valence-corrected chi connectivity index (χ2v) is 4.99. The van der Waals surface area contributed by atoms with Crippen LogP contribution in [0.4, 0.5) is 5.69 Å². The predicted octanol–water partition coefficient (Wildman–Crippen LogP) is 2.18. The van der Waals surface area contributed by atoms with E-state index in [0.717, 1.165) is 31.6 Å². The number of anilines is 1. The van der Waals surface area contributed by atoms with E-state index in [1.54, 1.807) is 6.08 Å². The summed E-state index contributed by atoms with van der Waals surface area (Å²) in [5.41, 5.74) is 2.30. The van der Waals surface area contributed by atoms with Crippen molar-refractivity contribution in [3.05, 3.63) is 42.5 Å². The summed E-state index contributed by atoms with van der Waals surface area (Å²) in [5.74, 6) is 0.234. The molecule has 0 saturated carbocycles. The van der Waals surface area contributed by atoms with E-state index in [4.69, 9.17) is 0 Å². The summed E-state index contributed by atoms with van der Waals surface area (Å²) in [6.07, 6.45) is 3.92. The lowest BCUT2D eigenvalue weighted by molar-refractivity contribution is -0.122. The fourth-order valence-corrected chi connectivity index (χ4v) is 3.04. The first-order valence-electron chi connectivity index (χ1n) is 6.55. The van der Waals surface area contributed by atoms with Crippen molar-refractivity contribution >= 4 is 11.6 Å². The Labute approximate surface area is 108 Å². The molecule has 1 atom stereocenters. The van der Waals surface area contributed by atoms with Crippen molar-refractivity contribution < 1.29 is 4.79 Å². The minimum absolute atomic E-state index is 0.0670. The molecule has 1 aromatic carbocycles. The molecule has 0 aliphatic carbocycles. The Morgan fingerprint density at radius 1 is 1.39 bits per heavy atom. The van der Waals surface area contributed by atoms with Crippen molar-refractivity contribution in [2.45, 2.75) is 25.4 Å². The second-order valence-electron chi connectivity index (χ2n) is 4.99. The van der Waals surface area contributed by atoms with Crippen molar-refractivity contribution in [2.75, 3.05) is 18.0 Å². The molecule has 1 fully saturated rings. The van der Waals surface area contributed by atoms with Crippen molar-refractivity contribution in [1.29, 1.82) is 0 Å². The van der Waals surface area contributed by atoms with E-state index in [9.17, 15) is 4.79 Å². The molecule has 0 bridgehead atoms. The maximum atomic E-state index is 12.6. The van der Waals surface area contributed by atoms with Crippen LogP contribution in [0.5, 0.6) is 0 Å². The van der Waals surface area contributed by atoms with Gasteiger partial charge in [-0.15, -0.1) is 6.58 Å². The van der Waals surface area contributed by atoms with Crippen LogP contribution in [0.2, 0.25) is 0 Å². The molecule has 0 radical (unpaired) electrons. The van der Waals surface area contributed by atoms with Gasteiger partial charge in [0.2, 0.25) is 5.91 Å². The molecule has 1 saturated heterocycles. The van der Waals surface area contributed by atoms with E-state index in [0.29, 0.717) is 6.54 Å². The fourth-order valence-electron chi connectivity index (χ4n) is 3.04. The number of para-hydroxylation sites is 1. The number of amides is 1. The van der Waals surface area contributed by atoms with Crippen LogP contribution < -0.4 is 4.90 Å². The van der Waals surface area contributed by atoms with Crippen LogP contribution in [0, 0.1) is 0 Å². The summed E-state index contributed by atoms with van der Waals surface area (Å²) in [6.45, 7) is 6.29.